The number of carbonyl (C=O) groups excluding carboxylic acids is 1. The lowest BCUT2D eigenvalue weighted by Crippen LogP contribution is -2.16. The molecule has 1 aliphatic heterocycles. The number of nitriles is 1. The number of ether oxygens (including phenoxy) is 1. The van der Waals surface area contributed by atoms with Crippen LogP contribution in [0.3, 0.4) is 0 Å². The van der Waals surface area contributed by atoms with Crippen molar-refractivity contribution >= 4 is 11.6 Å². The molecule has 0 bridgehead atoms. The SMILES string of the molecule is Cc1ncc(NC(=O)c2ccnc(C(F)(F)F)c2)cc1-c1cnc(C2CCOCC2)c(C#N)c1. The first-order chi connectivity index (χ1) is 16.3. The van der Waals surface area contributed by atoms with E-state index in [-0.39, 0.29) is 11.5 Å². The van der Waals surface area contributed by atoms with Gasteiger partial charge in [0.1, 0.15) is 11.8 Å². The number of pyridine rings is 3. The predicted octanol–water partition coefficient (Wildman–Crippen LogP) is 4.88. The number of hydrogen-bond donors (Lipinski definition) is 1. The van der Waals surface area contributed by atoms with Crippen molar-refractivity contribution < 1.29 is 22.7 Å². The number of nitrogens with zero attached hydrogens (tertiary/aromatic N) is 4. The van der Waals surface area contributed by atoms with Crippen molar-refractivity contribution in [3.8, 4) is 17.2 Å². The number of carbonyl (C=O) groups is 1. The molecule has 4 heterocycles. The van der Waals surface area contributed by atoms with E-state index in [4.69, 9.17) is 4.74 Å². The highest BCUT2D eigenvalue weighted by Crippen LogP contribution is 2.32. The highest BCUT2D eigenvalue weighted by atomic mass is 19.4. The number of halogens is 3. The molecule has 1 fully saturated rings. The molecule has 1 aliphatic rings. The lowest BCUT2D eigenvalue weighted by Gasteiger charge is -2.22. The van der Waals surface area contributed by atoms with E-state index >= 15 is 0 Å². The van der Waals surface area contributed by atoms with Gasteiger partial charge in [-0.05, 0) is 44.0 Å². The Kier molecular flexibility index (Phi) is 6.56. The molecule has 3 aromatic heterocycles. The van der Waals surface area contributed by atoms with Crippen molar-refractivity contribution in [2.24, 2.45) is 0 Å². The van der Waals surface area contributed by atoms with Crippen molar-refractivity contribution in [2.45, 2.75) is 31.9 Å². The summed E-state index contributed by atoms with van der Waals surface area (Å²) < 4.78 is 44.1. The molecule has 3 aromatic rings. The lowest BCUT2D eigenvalue weighted by atomic mass is 9.91. The maximum absolute atomic E-state index is 12.9. The third-order valence-electron chi connectivity index (χ3n) is 5.62. The Morgan fingerprint density at radius 1 is 1.15 bits per heavy atom. The van der Waals surface area contributed by atoms with Crippen LogP contribution >= 0.6 is 0 Å². The van der Waals surface area contributed by atoms with Gasteiger partial charge in [-0.25, -0.2) is 0 Å². The van der Waals surface area contributed by atoms with Gasteiger partial charge in [-0.1, -0.05) is 0 Å². The van der Waals surface area contributed by atoms with E-state index in [1.54, 1.807) is 25.3 Å². The average Bonchev–Trinajstić information content (AvgIpc) is 2.85. The van der Waals surface area contributed by atoms with Gasteiger partial charge in [0.15, 0.2) is 0 Å². The molecule has 4 rings (SSSR count). The zero-order chi connectivity index (χ0) is 24.3. The highest BCUT2D eigenvalue weighted by molar-refractivity contribution is 6.04. The molecular formula is C24H20F3N5O2. The van der Waals surface area contributed by atoms with Crippen LogP contribution in [-0.4, -0.2) is 34.1 Å². The third kappa shape index (κ3) is 5.05. The molecule has 0 aromatic carbocycles. The number of nitrogens with one attached hydrogen (secondary N) is 1. The first-order valence-corrected chi connectivity index (χ1v) is 10.6. The van der Waals surface area contributed by atoms with Crippen LogP contribution in [0, 0.1) is 18.3 Å². The molecule has 0 atom stereocenters. The van der Waals surface area contributed by atoms with Crippen LogP contribution < -0.4 is 5.32 Å². The Bertz CT molecular complexity index is 1260. The molecule has 174 valence electrons. The summed E-state index contributed by atoms with van der Waals surface area (Å²) in [6.07, 6.45) is 0.961. The van der Waals surface area contributed by atoms with Gasteiger partial charge in [-0.3, -0.25) is 19.7 Å². The van der Waals surface area contributed by atoms with E-state index in [2.05, 4.69) is 26.3 Å². The zero-order valence-electron chi connectivity index (χ0n) is 18.2. The average molecular weight is 467 g/mol. The molecule has 0 saturated carbocycles. The van der Waals surface area contributed by atoms with E-state index in [0.717, 1.165) is 24.7 Å². The first kappa shape index (κ1) is 23.3. The van der Waals surface area contributed by atoms with Crippen molar-refractivity contribution in [3.63, 3.8) is 0 Å². The van der Waals surface area contributed by atoms with Gasteiger partial charge in [0.25, 0.3) is 5.91 Å². The van der Waals surface area contributed by atoms with E-state index in [0.29, 0.717) is 47.4 Å². The van der Waals surface area contributed by atoms with Gasteiger partial charge in [-0.15, -0.1) is 0 Å². The molecule has 0 radical (unpaired) electrons. The molecule has 10 heteroatoms. The number of alkyl halides is 3. The molecule has 0 aliphatic carbocycles. The minimum absolute atomic E-state index is 0.157. The Hall–Kier alpha value is -3.84. The first-order valence-electron chi connectivity index (χ1n) is 10.6. The van der Waals surface area contributed by atoms with Crippen molar-refractivity contribution in [1.29, 1.82) is 5.26 Å². The normalized spacial score (nSPS) is 14.4. The summed E-state index contributed by atoms with van der Waals surface area (Å²) in [5.74, 6) is -0.570. The van der Waals surface area contributed by atoms with Crippen molar-refractivity contribution in [2.75, 3.05) is 18.5 Å². The van der Waals surface area contributed by atoms with Crippen molar-refractivity contribution in [3.05, 3.63) is 71.1 Å². The Labute approximate surface area is 193 Å². The van der Waals surface area contributed by atoms with Crippen molar-refractivity contribution in [1.82, 2.24) is 15.0 Å². The fourth-order valence-electron chi connectivity index (χ4n) is 3.83. The molecular weight excluding hydrogens is 447 g/mol. The second kappa shape index (κ2) is 9.57. The highest BCUT2D eigenvalue weighted by Gasteiger charge is 2.33. The smallest absolute Gasteiger partial charge is 0.381 e. The summed E-state index contributed by atoms with van der Waals surface area (Å²) in [6.45, 7) is 3.04. The van der Waals surface area contributed by atoms with Gasteiger partial charge < -0.3 is 10.1 Å². The maximum atomic E-state index is 12.9. The molecule has 1 N–H and O–H groups in total. The number of amides is 1. The van der Waals surface area contributed by atoms with Gasteiger partial charge in [0, 0.05) is 53.9 Å². The van der Waals surface area contributed by atoms with Gasteiger partial charge in [0.05, 0.1) is 23.1 Å². The number of aryl methyl sites for hydroxylation is 1. The van der Waals surface area contributed by atoms with E-state index < -0.39 is 17.8 Å². The van der Waals surface area contributed by atoms with Crippen LogP contribution in [0.25, 0.3) is 11.1 Å². The Morgan fingerprint density at radius 2 is 1.91 bits per heavy atom. The van der Waals surface area contributed by atoms with Crippen LogP contribution in [0.2, 0.25) is 0 Å². The van der Waals surface area contributed by atoms with Gasteiger partial charge in [-0.2, -0.15) is 18.4 Å². The third-order valence-corrected chi connectivity index (χ3v) is 5.62. The standard InChI is InChI=1S/C24H20F3N5O2/c1-14-20(18-8-17(11-28)22(31-12-18)15-3-6-34-7-4-15)10-19(13-30-14)32-23(33)16-2-5-29-21(9-16)24(25,26)27/h2,5,8-10,12-13,15H,3-4,6-7H2,1H3,(H,32,33). The number of rotatable bonds is 4. The molecule has 1 saturated heterocycles. The fraction of sp³-hybridized carbons (Fsp3) is 0.292. The molecule has 34 heavy (non-hydrogen) atoms. The monoisotopic (exact) mass is 467 g/mol. The number of anilines is 1. The molecule has 7 nitrogen and oxygen atoms in total. The van der Waals surface area contributed by atoms with Crippen LogP contribution in [0.4, 0.5) is 18.9 Å². The fourth-order valence-corrected chi connectivity index (χ4v) is 3.83. The second-order valence-corrected chi connectivity index (χ2v) is 7.89. The molecule has 1 amide bonds. The summed E-state index contributed by atoms with van der Waals surface area (Å²) >= 11 is 0. The van der Waals surface area contributed by atoms with E-state index in [1.807, 2.05) is 0 Å². The van der Waals surface area contributed by atoms with Gasteiger partial charge in [0.2, 0.25) is 0 Å². The molecule has 0 spiro atoms. The Balaban J connectivity index is 1.60. The van der Waals surface area contributed by atoms with E-state index in [9.17, 15) is 23.2 Å². The zero-order valence-corrected chi connectivity index (χ0v) is 18.2. The topological polar surface area (TPSA) is 101 Å². The van der Waals surface area contributed by atoms with E-state index in [1.165, 1.54) is 12.3 Å². The van der Waals surface area contributed by atoms with Gasteiger partial charge >= 0.3 is 6.18 Å². The van der Waals surface area contributed by atoms with Crippen LogP contribution in [0.1, 0.15) is 51.8 Å². The summed E-state index contributed by atoms with van der Waals surface area (Å²) in [5.41, 5.74) is 2.11. The largest absolute Gasteiger partial charge is 0.433 e. The maximum Gasteiger partial charge on any atom is 0.433 e. The quantitative estimate of drug-likeness (QED) is 0.587. The predicted molar refractivity (Wildman–Crippen MR) is 117 cm³/mol. The summed E-state index contributed by atoms with van der Waals surface area (Å²) in [7, 11) is 0. The van der Waals surface area contributed by atoms with Crippen LogP contribution in [-0.2, 0) is 10.9 Å². The minimum atomic E-state index is -4.66. The summed E-state index contributed by atoms with van der Waals surface area (Å²) in [5, 5.41) is 12.3. The second-order valence-electron chi connectivity index (χ2n) is 7.89. The van der Waals surface area contributed by atoms with Crippen LogP contribution in [0.5, 0.6) is 0 Å². The summed E-state index contributed by atoms with van der Waals surface area (Å²) in [6, 6.07) is 7.50. The lowest BCUT2D eigenvalue weighted by molar-refractivity contribution is -0.141. The minimum Gasteiger partial charge on any atom is -0.381 e. The van der Waals surface area contributed by atoms with Crippen LogP contribution in [0.15, 0.2) is 42.9 Å². The summed E-state index contributed by atoms with van der Waals surface area (Å²) in [4.78, 5) is 24.7. The Morgan fingerprint density at radius 3 is 2.62 bits per heavy atom. The molecule has 0 unspecified atom stereocenters. The number of hydrogen-bond acceptors (Lipinski definition) is 6. The number of aromatic nitrogens is 3.